The molecule has 6 heteroatoms. The summed E-state index contributed by atoms with van der Waals surface area (Å²) >= 11 is 0. The minimum absolute atomic E-state index is 0.135. The molecule has 0 unspecified atom stereocenters. The van der Waals surface area contributed by atoms with Gasteiger partial charge in [-0.2, -0.15) is 4.31 Å². The second kappa shape index (κ2) is 8.96. The van der Waals surface area contributed by atoms with Gasteiger partial charge in [-0.25, -0.2) is 8.42 Å². The van der Waals surface area contributed by atoms with Crippen LogP contribution in [0.1, 0.15) is 36.1 Å². The molecule has 0 radical (unpaired) electrons. The number of sulfonamides is 1. The van der Waals surface area contributed by atoms with Gasteiger partial charge in [0.05, 0.1) is 18.8 Å². The number of rotatable bonds is 8. The molecule has 140 valence electrons. The number of carbonyl (C=O) groups is 1. The number of aryl methyl sites for hydroxylation is 1. The maximum Gasteiger partial charge on any atom is 0.235 e. The molecule has 1 atom stereocenters. The summed E-state index contributed by atoms with van der Waals surface area (Å²) < 4.78 is 25.4. The summed E-state index contributed by atoms with van der Waals surface area (Å²) in [6, 6.07) is 17.2. The van der Waals surface area contributed by atoms with E-state index in [1.165, 1.54) is 4.31 Å². The molecule has 0 saturated heterocycles. The van der Waals surface area contributed by atoms with Crippen LogP contribution in [0.15, 0.2) is 54.6 Å². The average Bonchev–Trinajstić information content (AvgIpc) is 2.61. The topological polar surface area (TPSA) is 66.5 Å². The Morgan fingerprint density at radius 2 is 1.69 bits per heavy atom. The van der Waals surface area contributed by atoms with E-state index >= 15 is 0 Å². The molecule has 1 amide bonds. The Kier molecular flexibility index (Phi) is 6.94. The van der Waals surface area contributed by atoms with Crippen LogP contribution in [0.25, 0.3) is 0 Å². The lowest BCUT2D eigenvalue weighted by molar-refractivity contribution is -0.122. The van der Waals surface area contributed by atoms with Crippen molar-refractivity contribution in [2.24, 2.45) is 0 Å². The van der Waals surface area contributed by atoms with Crippen molar-refractivity contribution in [3.63, 3.8) is 0 Å². The van der Waals surface area contributed by atoms with Gasteiger partial charge in [-0.05, 0) is 24.5 Å². The van der Waals surface area contributed by atoms with Gasteiger partial charge in [-0.1, -0.05) is 67.1 Å². The molecule has 1 N–H and O–H groups in total. The van der Waals surface area contributed by atoms with E-state index in [0.717, 1.165) is 29.4 Å². The lowest BCUT2D eigenvalue weighted by Crippen LogP contribution is -2.41. The third-order valence-corrected chi connectivity index (χ3v) is 5.41. The van der Waals surface area contributed by atoms with Gasteiger partial charge in [0.1, 0.15) is 0 Å². The molecule has 0 saturated carbocycles. The van der Waals surface area contributed by atoms with Gasteiger partial charge in [0.15, 0.2) is 0 Å². The maximum atomic E-state index is 12.5. The van der Waals surface area contributed by atoms with E-state index in [2.05, 4.69) is 5.32 Å². The van der Waals surface area contributed by atoms with Crippen LogP contribution >= 0.6 is 0 Å². The molecule has 0 heterocycles. The molecule has 2 rings (SSSR count). The zero-order valence-corrected chi connectivity index (χ0v) is 16.3. The Bertz CT molecular complexity index is 818. The molecule has 5 nitrogen and oxygen atoms in total. The van der Waals surface area contributed by atoms with Crippen LogP contribution in [0.4, 0.5) is 0 Å². The molecule has 0 spiro atoms. The first-order valence-corrected chi connectivity index (χ1v) is 10.5. The molecular formula is C20H26N2O3S. The smallest absolute Gasteiger partial charge is 0.235 e. The van der Waals surface area contributed by atoms with Gasteiger partial charge in [0.2, 0.25) is 15.9 Å². The number of nitrogens with one attached hydrogen (secondary N) is 1. The van der Waals surface area contributed by atoms with Gasteiger partial charge in [-0.3, -0.25) is 4.79 Å². The summed E-state index contributed by atoms with van der Waals surface area (Å²) in [5.74, 6) is -0.307. The van der Waals surface area contributed by atoms with Crippen molar-refractivity contribution in [3.05, 3.63) is 71.3 Å². The minimum Gasteiger partial charge on any atom is -0.348 e. The number of carbonyl (C=O) groups excluding carboxylic acids is 1. The summed E-state index contributed by atoms with van der Waals surface area (Å²) in [5.41, 5.74) is 2.96. The van der Waals surface area contributed by atoms with Crippen LogP contribution in [-0.4, -0.2) is 31.4 Å². The van der Waals surface area contributed by atoms with Crippen molar-refractivity contribution in [2.75, 3.05) is 12.8 Å². The van der Waals surface area contributed by atoms with Gasteiger partial charge < -0.3 is 5.32 Å². The maximum absolute atomic E-state index is 12.5. The van der Waals surface area contributed by atoms with E-state index in [-0.39, 0.29) is 25.0 Å². The zero-order valence-electron chi connectivity index (χ0n) is 15.5. The zero-order chi connectivity index (χ0) is 19.2. The summed E-state index contributed by atoms with van der Waals surface area (Å²) in [5, 5.41) is 2.94. The molecule has 0 aliphatic carbocycles. The fourth-order valence-electron chi connectivity index (χ4n) is 2.69. The highest BCUT2D eigenvalue weighted by molar-refractivity contribution is 7.88. The molecule has 0 aliphatic rings. The third-order valence-electron chi connectivity index (χ3n) is 4.21. The van der Waals surface area contributed by atoms with E-state index in [0.29, 0.717) is 0 Å². The van der Waals surface area contributed by atoms with Crippen LogP contribution in [-0.2, 0) is 21.4 Å². The summed E-state index contributed by atoms with van der Waals surface area (Å²) in [6.07, 6.45) is 1.86. The Labute approximate surface area is 156 Å². The molecule has 2 aromatic carbocycles. The first kappa shape index (κ1) is 20.1. The monoisotopic (exact) mass is 374 g/mol. The lowest BCUT2D eigenvalue weighted by Gasteiger charge is -2.22. The van der Waals surface area contributed by atoms with Crippen LogP contribution in [0, 0.1) is 6.92 Å². The number of amides is 1. The van der Waals surface area contributed by atoms with Gasteiger partial charge in [0, 0.05) is 6.54 Å². The van der Waals surface area contributed by atoms with E-state index in [4.69, 9.17) is 0 Å². The third kappa shape index (κ3) is 5.97. The van der Waals surface area contributed by atoms with E-state index in [1.807, 2.05) is 68.4 Å². The Morgan fingerprint density at radius 1 is 1.08 bits per heavy atom. The average molecular weight is 375 g/mol. The van der Waals surface area contributed by atoms with Crippen LogP contribution in [0.5, 0.6) is 0 Å². The first-order chi connectivity index (χ1) is 12.3. The second-order valence-electron chi connectivity index (χ2n) is 6.46. The second-order valence-corrected chi connectivity index (χ2v) is 8.44. The predicted octanol–water partition coefficient (Wildman–Crippen LogP) is 3.02. The standard InChI is InChI=1S/C20H26N2O3S/c1-4-19(18-8-6-5-7-9-18)21-20(23)15-22(26(3,24)25)14-17-12-10-16(2)11-13-17/h5-13,19H,4,14-15H2,1-3H3,(H,21,23)/t19-/m0/s1. The SMILES string of the molecule is CC[C@H](NC(=O)CN(Cc1ccc(C)cc1)S(C)(=O)=O)c1ccccc1. The Morgan fingerprint density at radius 3 is 2.23 bits per heavy atom. The highest BCUT2D eigenvalue weighted by atomic mass is 32.2. The van der Waals surface area contributed by atoms with E-state index in [1.54, 1.807) is 0 Å². The van der Waals surface area contributed by atoms with E-state index < -0.39 is 10.0 Å². The first-order valence-electron chi connectivity index (χ1n) is 8.64. The number of benzene rings is 2. The largest absolute Gasteiger partial charge is 0.348 e. The molecule has 0 aliphatic heterocycles. The highest BCUT2D eigenvalue weighted by Gasteiger charge is 2.22. The van der Waals surface area contributed by atoms with Crippen LogP contribution < -0.4 is 5.32 Å². The molecular weight excluding hydrogens is 348 g/mol. The van der Waals surface area contributed by atoms with Gasteiger partial charge in [0.25, 0.3) is 0 Å². The van der Waals surface area contributed by atoms with E-state index in [9.17, 15) is 13.2 Å². The Balaban J connectivity index is 2.07. The van der Waals surface area contributed by atoms with Crippen molar-refractivity contribution < 1.29 is 13.2 Å². The molecule has 2 aromatic rings. The van der Waals surface area contributed by atoms with Crippen LogP contribution in [0.2, 0.25) is 0 Å². The number of hydrogen-bond donors (Lipinski definition) is 1. The summed E-state index contributed by atoms with van der Waals surface area (Å²) in [6.45, 7) is 3.93. The molecule has 26 heavy (non-hydrogen) atoms. The quantitative estimate of drug-likeness (QED) is 0.772. The normalized spacial score (nSPS) is 12.8. The van der Waals surface area contributed by atoms with Crippen molar-refractivity contribution in [1.29, 1.82) is 0 Å². The molecule has 0 aromatic heterocycles. The van der Waals surface area contributed by atoms with Crippen molar-refractivity contribution >= 4 is 15.9 Å². The summed E-state index contributed by atoms with van der Waals surface area (Å²) in [4.78, 5) is 12.5. The molecule has 0 fully saturated rings. The fourth-order valence-corrected chi connectivity index (χ4v) is 3.43. The minimum atomic E-state index is -3.50. The van der Waals surface area contributed by atoms with Gasteiger partial charge in [-0.15, -0.1) is 0 Å². The molecule has 0 bridgehead atoms. The van der Waals surface area contributed by atoms with Crippen molar-refractivity contribution in [1.82, 2.24) is 9.62 Å². The summed E-state index contributed by atoms with van der Waals surface area (Å²) in [7, 11) is -3.50. The number of nitrogens with zero attached hydrogens (tertiary/aromatic N) is 1. The predicted molar refractivity (Wildman–Crippen MR) is 104 cm³/mol. The number of hydrogen-bond acceptors (Lipinski definition) is 3. The van der Waals surface area contributed by atoms with Gasteiger partial charge >= 0.3 is 0 Å². The Hall–Kier alpha value is -2.18. The highest BCUT2D eigenvalue weighted by Crippen LogP contribution is 2.16. The van der Waals surface area contributed by atoms with Crippen molar-refractivity contribution in [2.45, 2.75) is 32.9 Å². The van der Waals surface area contributed by atoms with Crippen molar-refractivity contribution in [3.8, 4) is 0 Å². The van der Waals surface area contributed by atoms with Crippen LogP contribution in [0.3, 0.4) is 0 Å². The lowest BCUT2D eigenvalue weighted by atomic mass is 10.0. The fraction of sp³-hybridized carbons (Fsp3) is 0.350.